The van der Waals surface area contributed by atoms with Crippen molar-refractivity contribution in [3.8, 4) is 0 Å². The van der Waals surface area contributed by atoms with Crippen LogP contribution in [0.3, 0.4) is 0 Å². The van der Waals surface area contributed by atoms with E-state index in [0.29, 0.717) is 13.0 Å². The molecule has 1 aromatic carbocycles. The van der Waals surface area contributed by atoms with Crippen LogP contribution in [0.15, 0.2) is 24.3 Å². The number of carbonyl (C=O) groups excluding carboxylic acids is 1. The van der Waals surface area contributed by atoms with E-state index in [1.54, 1.807) is 0 Å². The van der Waals surface area contributed by atoms with Crippen LogP contribution in [0.2, 0.25) is 0 Å². The van der Waals surface area contributed by atoms with E-state index in [1.807, 2.05) is 31.2 Å². The maximum absolute atomic E-state index is 11.8. The van der Waals surface area contributed by atoms with Crippen molar-refractivity contribution in [3.63, 3.8) is 0 Å². The third-order valence-electron chi connectivity index (χ3n) is 3.82. The molecule has 104 valence electrons. The van der Waals surface area contributed by atoms with Crippen molar-refractivity contribution in [1.29, 1.82) is 0 Å². The predicted octanol–water partition coefficient (Wildman–Crippen LogP) is 3.39. The molecule has 3 nitrogen and oxygen atoms in total. The van der Waals surface area contributed by atoms with E-state index >= 15 is 0 Å². The number of carbonyl (C=O) groups is 1. The summed E-state index contributed by atoms with van der Waals surface area (Å²) in [6.45, 7) is 2.58. The largest absolute Gasteiger partial charge is 0.388 e. The highest BCUT2D eigenvalue weighted by molar-refractivity contribution is 5.96. The molecule has 0 heterocycles. The lowest BCUT2D eigenvalue weighted by Crippen LogP contribution is -2.33. The Labute approximate surface area is 115 Å². The van der Waals surface area contributed by atoms with Gasteiger partial charge in [0.05, 0.1) is 5.60 Å². The first kappa shape index (κ1) is 14.1. The standard InChI is InChI=1S/C16H23NO2/c1-2-6-15(18)13-7-5-8-14(11-13)17-12-16(19)9-3-4-10-16/h5,7-8,11,17,19H,2-4,6,9-10,12H2,1H3. The van der Waals surface area contributed by atoms with E-state index in [2.05, 4.69) is 5.32 Å². The van der Waals surface area contributed by atoms with Crippen molar-refractivity contribution in [2.75, 3.05) is 11.9 Å². The van der Waals surface area contributed by atoms with Crippen LogP contribution >= 0.6 is 0 Å². The van der Waals surface area contributed by atoms with E-state index in [4.69, 9.17) is 0 Å². The highest BCUT2D eigenvalue weighted by atomic mass is 16.3. The van der Waals surface area contributed by atoms with E-state index in [1.165, 1.54) is 0 Å². The van der Waals surface area contributed by atoms with Gasteiger partial charge in [-0.25, -0.2) is 0 Å². The molecule has 1 aliphatic carbocycles. The zero-order valence-electron chi connectivity index (χ0n) is 11.6. The maximum atomic E-state index is 11.8. The average molecular weight is 261 g/mol. The summed E-state index contributed by atoms with van der Waals surface area (Å²) in [6.07, 6.45) is 5.41. The zero-order chi connectivity index (χ0) is 13.7. The molecular weight excluding hydrogens is 238 g/mol. The van der Waals surface area contributed by atoms with Crippen LogP contribution < -0.4 is 5.32 Å². The van der Waals surface area contributed by atoms with Crippen LogP contribution in [0.25, 0.3) is 0 Å². The van der Waals surface area contributed by atoms with Crippen molar-refractivity contribution in [2.24, 2.45) is 0 Å². The van der Waals surface area contributed by atoms with Gasteiger partial charge in [0.2, 0.25) is 0 Å². The van der Waals surface area contributed by atoms with E-state index in [-0.39, 0.29) is 5.78 Å². The third kappa shape index (κ3) is 3.80. The molecule has 0 unspecified atom stereocenters. The summed E-state index contributed by atoms with van der Waals surface area (Å²) in [5.74, 6) is 0.186. The second-order valence-corrected chi connectivity index (χ2v) is 5.54. The summed E-state index contributed by atoms with van der Waals surface area (Å²) in [4.78, 5) is 11.8. The molecule has 0 aromatic heterocycles. The van der Waals surface area contributed by atoms with Crippen molar-refractivity contribution in [2.45, 2.75) is 51.0 Å². The summed E-state index contributed by atoms with van der Waals surface area (Å²) in [5.41, 5.74) is 1.11. The Balaban J connectivity index is 1.97. The topological polar surface area (TPSA) is 49.3 Å². The molecule has 0 atom stereocenters. The molecule has 0 bridgehead atoms. The van der Waals surface area contributed by atoms with Crippen LogP contribution in [-0.4, -0.2) is 23.0 Å². The summed E-state index contributed by atoms with van der Waals surface area (Å²) < 4.78 is 0. The second-order valence-electron chi connectivity index (χ2n) is 5.54. The molecule has 3 heteroatoms. The summed E-state index contributed by atoms with van der Waals surface area (Å²) >= 11 is 0. The van der Waals surface area contributed by atoms with Gasteiger partial charge in [-0.1, -0.05) is 31.9 Å². The number of benzene rings is 1. The summed E-state index contributed by atoms with van der Waals surface area (Å²) in [5, 5.41) is 13.5. The first-order valence-corrected chi connectivity index (χ1v) is 7.22. The lowest BCUT2D eigenvalue weighted by Gasteiger charge is -2.23. The monoisotopic (exact) mass is 261 g/mol. The molecule has 0 saturated heterocycles. The number of anilines is 1. The highest BCUT2D eigenvalue weighted by Crippen LogP contribution is 2.29. The normalized spacial score (nSPS) is 17.4. The molecule has 1 aromatic rings. The minimum absolute atomic E-state index is 0.186. The molecule has 0 amide bonds. The Morgan fingerprint density at radius 2 is 2.11 bits per heavy atom. The first-order chi connectivity index (χ1) is 9.13. The number of hydrogen-bond acceptors (Lipinski definition) is 3. The number of hydrogen-bond donors (Lipinski definition) is 2. The molecular formula is C16H23NO2. The van der Waals surface area contributed by atoms with Gasteiger partial charge in [0.15, 0.2) is 5.78 Å². The molecule has 2 N–H and O–H groups in total. The summed E-state index contributed by atoms with van der Waals surface area (Å²) in [7, 11) is 0. The smallest absolute Gasteiger partial charge is 0.162 e. The van der Waals surface area contributed by atoms with Crippen molar-refractivity contribution in [1.82, 2.24) is 0 Å². The molecule has 1 aliphatic rings. The molecule has 0 aliphatic heterocycles. The molecule has 2 rings (SSSR count). The Morgan fingerprint density at radius 3 is 2.79 bits per heavy atom. The number of Topliss-reactive ketones (excluding diaryl/α,β-unsaturated/α-hetero) is 1. The van der Waals surface area contributed by atoms with Gasteiger partial charge in [0, 0.05) is 24.2 Å². The molecule has 0 radical (unpaired) electrons. The Morgan fingerprint density at radius 1 is 1.37 bits per heavy atom. The average Bonchev–Trinajstić information content (AvgIpc) is 2.85. The van der Waals surface area contributed by atoms with Gasteiger partial charge in [0.1, 0.15) is 0 Å². The second kappa shape index (κ2) is 6.20. The van der Waals surface area contributed by atoms with E-state index in [9.17, 15) is 9.90 Å². The Kier molecular flexibility index (Phi) is 4.59. The van der Waals surface area contributed by atoms with Crippen LogP contribution in [0, 0.1) is 0 Å². The van der Waals surface area contributed by atoms with E-state index in [0.717, 1.165) is 43.4 Å². The Bertz CT molecular complexity index is 436. The molecule has 0 spiro atoms. The Hall–Kier alpha value is -1.35. The van der Waals surface area contributed by atoms with Crippen LogP contribution in [0.1, 0.15) is 55.8 Å². The minimum atomic E-state index is -0.566. The first-order valence-electron chi connectivity index (χ1n) is 7.22. The molecule has 1 fully saturated rings. The van der Waals surface area contributed by atoms with Crippen LogP contribution in [0.5, 0.6) is 0 Å². The lowest BCUT2D eigenvalue weighted by molar-refractivity contribution is 0.0615. The fourth-order valence-electron chi connectivity index (χ4n) is 2.65. The van der Waals surface area contributed by atoms with Gasteiger partial charge in [-0.3, -0.25) is 4.79 Å². The maximum Gasteiger partial charge on any atom is 0.162 e. The van der Waals surface area contributed by atoms with E-state index < -0.39 is 5.60 Å². The third-order valence-corrected chi connectivity index (χ3v) is 3.82. The van der Waals surface area contributed by atoms with Gasteiger partial charge >= 0.3 is 0 Å². The molecule has 1 saturated carbocycles. The lowest BCUT2D eigenvalue weighted by atomic mass is 10.0. The van der Waals surface area contributed by atoms with Crippen molar-refractivity contribution < 1.29 is 9.90 Å². The van der Waals surface area contributed by atoms with Crippen LogP contribution in [-0.2, 0) is 0 Å². The SMILES string of the molecule is CCCC(=O)c1cccc(NCC2(O)CCCC2)c1. The zero-order valence-corrected chi connectivity index (χ0v) is 11.6. The minimum Gasteiger partial charge on any atom is -0.388 e. The highest BCUT2D eigenvalue weighted by Gasteiger charge is 2.30. The number of aliphatic hydroxyl groups is 1. The predicted molar refractivity (Wildman–Crippen MR) is 77.6 cm³/mol. The fraction of sp³-hybridized carbons (Fsp3) is 0.562. The van der Waals surface area contributed by atoms with Gasteiger partial charge in [0.25, 0.3) is 0 Å². The van der Waals surface area contributed by atoms with Crippen molar-refractivity contribution >= 4 is 11.5 Å². The van der Waals surface area contributed by atoms with Crippen molar-refractivity contribution in [3.05, 3.63) is 29.8 Å². The summed E-state index contributed by atoms with van der Waals surface area (Å²) in [6, 6.07) is 7.58. The number of rotatable bonds is 6. The van der Waals surface area contributed by atoms with Gasteiger partial charge in [-0.05, 0) is 31.4 Å². The number of nitrogens with one attached hydrogen (secondary N) is 1. The van der Waals surface area contributed by atoms with Crippen LogP contribution in [0.4, 0.5) is 5.69 Å². The van der Waals surface area contributed by atoms with Gasteiger partial charge < -0.3 is 10.4 Å². The molecule has 19 heavy (non-hydrogen) atoms. The number of ketones is 1. The quantitative estimate of drug-likeness (QED) is 0.772. The fourth-order valence-corrected chi connectivity index (χ4v) is 2.65. The van der Waals surface area contributed by atoms with Gasteiger partial charge in [-0.15, -0.1) is 0 Å². The van der Waals surface area contributed by atoms with Gasteiger partial charge in [-0.2, -0.15) is 0 Å².